The maximum atomic E-state index is 12.8. The molecular weight excluding hydrogens is 750 g/mol. The molecule has 0 fully saturated rings. The van der Waals surface area contributed by atoms with Gasteiger partial charge in [0.15, 0.2) is 6.10 Å². The van der Waals surface area contributed by atoms with Crippen molar-refractivity contribution in [2.75, 3.05) is 47.5 Å². The molecule has 0 saturated carbocycles. The maximum Gasteiger partial charge on any atom is 0.306 e. The number of rotatable bonds is 44. The highest BCUT2D eigenvalue weighted by Crippen LogP contribution is 2.38. The molecule has 0 spiro atoms. The molecule has 0 aromatic carbocycles. The molecular formula is C48H96NO8P. The summed E-state index contributed by atoms with van der Waals surface area (Å²) in [5.74, 6) is 0.895. The lowest BCUT2D eigenvalue weighted by Crippen LogP contribution is -2.37. The lowest BCUT2D eigenvalue weighted by molar-refractivity contribution is -0.870. The Bertz CT molecular complexity index is 989. The number of hydrogen-bond donors (Lipinski definition) is 0. The van der Waals surface area contributed by atoms with Gasteiger partial charge in [-0.2, -0.15) is 0 Å². The first kappa shape index (κ1) is 57.0. The number of likely N-dealkylation sites (N-methyl/N-ethyl adjacent to an activating group) is 1. The van der Waals surface area contributed by atoms with Gasteiger partial charge in [-0.05, 0) is 24.7 Å². The topological polar surface area (TPSA) is 111 Å². The van der Waals surface area contributed by atoms with Crippen LogP contribution in [0, 0.1) is 11.8 Å². The molecule has 0 aromatic rings. The van der Waals surface area contributed by atoms with Crippen LogP contribution in [0.4, 0.5) is 0 Å². The molecule has 4 atom stereocenters. The predicted molar refractivity (Wildman–Crippen MR) is 241 cm³/mol. The number of nitrogens with zero attached hydrogens (tertiary/aromatic N) is 1. The first-order valence-electron chi connectivity index (χ1n) is 24.6. The van der Waals surface area contributed by atoms with Gasteiger partial charge in [-0.15, -0.1) is 0 Å². The molecule has 346 valence electrons. The van der Waals surface area contributed by atoms with E-state index < -0.39 is 26.5 Å². The summed E-state index contributed by atoms with van der Waals surface area (Å²) in [6.45, 7) is 8.93. The van der Waals surface area contributed by atoms with E-state index in [4.69, 9.17) is 18.5 Å². The second-order valence-corrected chi connectivity index (χ2v) is 19.8. The number of unbranched alkanes of at least 4 members (excludes halogenated alkanes) is 20. The molecule has 0 saturated heterocycles. The lowest BCUT2D eigenvalue weighted by Gasteiger charge is -2.28. The zero-order valence-corrected chi connectivity index (χ0v) is 40.2. The van der Waals surface area contributed by atoms with Crippen molar-refractivity contribution in [3.63, 3.8) is 0 Å². The lowest BCUT2D eigenvalue weighted by atomic mass is 9.92. The van der Waals surface area contributed by atoms with Crippen LogP contribution >= 0.6 is 7.82 Å². The minimum atomic E-state index is -4.63. The van der Waals surface area contributed by atoms with Crippen LogP contribution in [0.25, 0.3) is 0 Å². The molecule has 0 aliphatic carbocycles. The van der Waals surface area contributed by atoms with Gasteiger partial charge in [0.2, 0.25) is 0 Å². The molecule has 0 aliphatic rings. The molecule has 3 unspecified atom stereocenters. The van der Waals surface area contributed by atoms with Crippen LogP contribution in [0.15, 0.2) is 0 Å². The highest BCUT2D eigenvalue weighted by molar-refractivity contribution is 7.45. The van der Waals surface area contributed by atoms with Gasteiger partial charge in [-0.1, -0.05) is 207 Å². The van der Waals surface area contributed by atoms with E-state index in [9.17, 15) is 19.0 Å². The summed E-state index contributed by atoms with van der Waals surface area (Å²) in [7, 11) is 1.18. The van der Waals surface area contributed by atoms with E-state index in [1.807, 2.05) is 21.1 Å². The molecule has 0 bridgehead atoms. The number of carbonyl (C=O) groups excluding carboxylic acids is 2. The third-order valence-electron chi connectivity index (χ3n) is 11.7. The molecule has 0 N–H and O–H groups in total. The monoisotopic (exact) mass is 846 g/mol. The van der Waals surface area contributed by atoms with Crippen LogP contribution in [0.5, 0.6) is 0 Å². The van der Waals surface area contributed by atoms with Crippen molar-refractivity contribution in [2.45, 2.75) is 239 Å². The van der Waals surface area contributed by atoms with E-state index in [1.165, 1.54) is 154 Å². The van der Waals surface area contributed by atoms with E-state index in [-0.39, 0.29) is 32.0 Å². The zero-order valence-electron chi connectivity index (χ0n) is 39.3. The Morgan fingerprint density at radius 1 is 0.517 bits per heavy atom. The Kier molecular flexibility index (Phi) is 38.2. The fourth-order valence-electron chi connectivity index (χ4n) is 7.61. The summed E-state index contributed by atoms with van der Waals surface area (Å²) in [5.41, 5.74) is 0. The zero-order chi connectivity index (χ0) is 43.2. The number of quaternary nitrogens is 1. The fraction of sp³-hybridized carbons (Fsp3) is 0.958. The van der Waals surface area contributed by atoms with Crippen LogP contribution in [0.1, 0.15) is 233 Å². The molecule has 58 heavy (non-hydrogen) atoms. The number of phosphoric acid groups is 1. The summed E-state index contributed by atoms with van der Waals surface area (Å²) >= 11 is 0. The number of esters is 2. The Labute approximate surface area is 359 Å². The Morgan fingerprint density at radius 3 is 1.29 bits per heavy atom. The van der Waals surface area contributed by atoms with Crippen molar-refractivity contribution >= 4 is 19.8 Å². The summed E-state index contributed by atoms with van der Waals surface area (Å²) in [6.07, 6.45) is 36.7. The summed E-state index contributed by atoms with van der Waals surface area (Å²) in [4.78, 5) is 37.8. The van der Waals surface area contributed by atoms with E-state index >= 15 is 0 Å². The normalized spacial score (nSPS) is 14.6. The molecule has 0 radical (unpaired) electrons. The van der Waals surface area contributed by atoms with Crippen molar-refractivity contribution in [2.24, 2.45) is 11.8 Å². The van der Waals surface area contributed by atoms with Crippen molar-refractivity contribution in [3.05, 3.63) is 0 Å². The van der Waals surface area contributed by atoms with Crippen molar-refractivity contribution in [1.29, 1.82) is 0 Å². The van der Waals surface area contributed by atoms with Crippen LogP contribution in [0.2, 0.25) is 0 Å². The molecule has 0 aromatic heterocycles. The number of hydrogen-bond acceptors (Lipinski definition) is 8. The minimum absolute atomic E-state index is 0.0272. The van der Waals surface area contributed by atoms with Gasteiger partial charge in [0.25, 0.3) is 7.82 Å². The smallest absolute Gasteiger partial charge is 0.306 e. The standard InChI is InChI=1S/C48H96NO8P/c1-8-12-14-16-22-28-34-44(10-3)36-30-24-18-20-26-32-38-47(50)54-42-46(43-56-58(52,53)55-41-40-49(5,6)7)57-48(51)39-33-27-21-19-25-31-37-45(11-4)35-29-23-17-15-13-9-2/h44-46H,8-43H2,1-7H3/t44?,45?,46-/m1/s1. The third-order valence-corrected chi connectivity index (χ3v) is 12.7. The minimum Gasteiger partial charge on any atom is -0.756 e. The molecule has 9 nitrogen and oxygen atoms in total. The van der Waals surface area contributed by atoms with Crippen molar-refractivity contribution in [1.82, 2.24) is 0 Å². The maximum absolute atomic E-state index is 12.8. The number of carbonyl (C=O) groups is 2. The highest BCUT2D eigenvalue weighted by Gasteiger charge is 2.22. The van der Waals surface area contributed by atoms with Crippen LogP contribution in [-0.4, -0.2) is 70.0 Å². The molecule has 0 aliphatic heterocycles. The molecule has 0 heterocycles. The average molecular weight is 846 g/mol. The Balaban J connectivity index is 4.49. The Hall–Kier alpha value is -0.990. The molecule has 0 rings (SSSR count). The quantitative estimate of drug-likeness (QED) is 0.0258. The molecule has 0 amide bonds. The summed E-state index contributed by atoms with van der Waals surface area (Å²) < 4.78 is 34.1. The third kappa shape index (κ3) is 39.2. The van der Waals surface area contributed by atoms with Crippen LogP contribution in [0.3, 0.4) is 0 Å². The van der Waals surface area contributed by atoms with Gasteiger partial charge in [0, 0.05) is 12.8 Å². The second kappa shape index (κ2) is 38.9. The van der Waals surface area contributed by atoms with Gasteiger partial charge in [0.05, 0.1) is 27.7 Å². The number of ether oxygens (including phenoxy) is 2. The first-order valence-corrected chi connectivity index (χ1v) is 26.1. The predicted octanol–water partition coefficient (Wildman–Crippen LogP) is 13.4. The Morgan fingerprint density at radius 2 is 0.897 bits per heavy atom. The van der Waals surface area contributed by atoms with Gasteiger partial charge in [-0.3, -0.25) is 14.2 Å². The van der Waals surface area contributed by atoms with Crippen LogP contribution in [-0.2, 0) is 32.7 Å². The summed E-state index contributed by atoms with van der Waals surface area (Å²) in [5, 5.41) is 0. The van der Waals surface area contributed by atoms with E-state index in [0.717, 1.165) is 43.9 Å². The van der Waals surface area contributed by atoms with E-state index in [2.05, 4.69) is 27.7 Å². The largest absolute Gasteiger partial charge is 0.756 e. The van der Waals surface area contributed by atoms with E-state index in [1.54, 1.807) is 0 Å². The highest BCUT2D eigenvalue weighted by atomic mass is 31.2. The van der Waals surface area contributed by atoms with Gasteiger partial charge in [0.1, 0.15) is 19.8 Å². The van der Waals surface area contributed by atoms with Gasteiger partial charge >= 0.3 is 11.9 Å². The molecule has 10 heteroatoms. The fourth-order valence-corrected chi connectivity index (χ4v) is 8.34. The first-order chi connectivity index (χ1) is 27.9. The number of phosphoric ester groups is 1. The SMILES string of the molecule is CCCCCCCCC(CC)CCCCCCCCC(=O)OC[C@H](COP(=O)([O-])OCC[N+](C)(C)C)OC(=O)CCCCCCCCC(CC)CCCCCCCC. The second-order valence-electron chi connectivity index (χ2n) is 18.4. The van der Waals surface area contributed by atoms with Gasteiger partial charge < -0.3 is 27.9 Å². The van der Waals surface area contributed by atoms with E-state index in [0.29, 0.717) is 17.4 Å². The summed E-state index contributed by atoms with van der Waals surface area (Å²) in [6, 6.07) is 0. The van der Waals surface area contributed by atoms with Crippen molar-refractivity contribution in [3.8, 4) is 0 Å². The average Bonchev–Trinajstić information content (AvgIpc) is 3.18. The van der Waals surface area contributed by atoms with Gasteiger partial charge in [-0.25, -0.2) is 0 Å². The van der Waals surface area contributed by atoms with Crippen LogP contribution < -0.4 is 4.89 Å². The van der Waals surface area contributed by atoms with Crippen molar-refractivity contribution < 1.29 is 42.1 Å².